The van der Waals surface area contributed by atoms with Gasteiger partial charge < -0.3 is 14.3 Å². The molecular weight excluding hydrogens is 407 g/mol. The molecule has 0 bridgehead atoms. The van der Waals surface area contributed by atoms with Gasteiger partial charge in [0.1, 0.15) is 13.3 Å². The average Bonchev–Trinajstić information content (AvgIpc) is 2.74. The average molecular weight is 438 g/mol. The van der Waals surface area contributed by atoms with Crippen molar-refractivity contribution in [1.29, 1.82) is 0 Å². The van der Waals surface area contributed by atoms with Crippen molar-refractivity contribution in [2.75, 3.05) is 18.2 Å². The number of imide groups is 1. The van der Waals surface area contributed by atoms with Gasteiger partial charge in [0, 0.05) is 5.92 Å². The molecule has 8 nitrogen and oxygen atoms in total. The van der Waals surface area contributed by atoms with Crippen LogP contribution >= 0.6 is 7.60 Å². The normalized spacial score (nSPS) is 18.3. The Labute approximate surface area is 177 Å². The van der Waals surface area contributed by atoms with Crippen LogP contribution in [0.4, 0.5) is 5.69 Å². The Morgan fingerprint density at radius 1 is 1.23 bits per heavy atom. The lowest BCUT2D eigenvalue weighted by Gasteiger charge is -2.28. The summed E-state index contributed by atoms with van der Waals surface area (Å²) < 4.78 is 17.7. The number of amides is 2. The Bertz CT molecular complexity index is 792. The number of hydrogen-bond donors (Lipinski definition) is 1. The first-order valence-electron chi connectivity index (χ1n) is 10.3. The van der Waals surface area contributed by atoms with Crippen LogP contribution in [0.3, 0.4) is 0 Å². The van der Waals surface area contributed by atoms with Gasteiger partial charge in [-0.25, -0.2) is 4.90 Å². The molecule has 2 unspecified atom stereocenters. The molecule has 2 atom stereocenters. The Hall–Kier alpha value is -2.02. The minimum atomic E-state index is -4.17. The standard InChI is InChI=1S/C21H31N2O6P/c1-4-16(2)29-30(26,27)15-19(22-28-3)21(25)23(18-13-9-6-10-14-18)20(24)17-11-7-5-8-12-17/h6,9-10,13-14,16-17H,4-5,7-8,11-12,15H2,1-3H3,(H,26,27). The largest absolute Gasteiger partial charge is 0.399 e. The lowest BCUT2D eigenvalue weighted by molar-refractivity contribution is -0.127. The van der Waals surface area contributed by atoms with Crippen LogP contribution < -0.4 is 4.90 Å². The highest BCUT2D eigenvalue weighted by molar-refractivity contribution is 7.54. The second kappa shape index (κ2) is 11.4. The number of oxime groups is 1. The van der Waals surface area contributed by atoms with Crippen LogP contribution in [0.1, 0.15) is 52.4 Å². The highest BCUT2D eigenvalue weighted by Crippen LogP contribution is 2.44. The lowest BCUT2D eigenvalue weighted by Crippen LogP contribution is -2.46. The van der Waals surface area contributed by atoms with Gasteiger partial charge in [-0.3, -0.25) is 14.2 Å². The summed E-state index contributed by atoms with van der Waals surface area (Å²) in [6.07, 6.45) is 3.77. The van der Waals surface area contributed by atoms with Crippen LogP contribution in [0.5, 0.6) is 0 Å². The molecule has 9 heteroatoms. The van der Waals surface area contributed by atoms with Crippen LogP contribution in [0.2, 0.25) is 0 Å². The van der Waals surface area contributed by atoms with Crippen LogP contribution in [-0.4, -0.2) is 41.8 Å². The van der Waals surface area contributed by atoms with E-state index in [0.717, 1.165) is 24.2 Å². The van der Waals surface area contributed by atoms with E-state index in [1.807, 2.05) is 6.92 Å². The zero-order valence-electron chi connectivity index (χ0n) is 17.8. The van der Waals surface area contributed by atoms with Crippen LogP contribution in [0, 0.1) is 5.92 Å². The molecule has 0 spiro atoms. The molecule has 1 saturated carbocycles. The van der Waals surface area contributed by atoms with Gasteiger partial charge in [-0.05, 0) is 38.3 Å². The molecule has 2 rings (SSSR count). The van der Waals surface area contributed by atoms with Gasteiger partial charge in [-0.1, -0.05) is 49.5 Å². The molecule has 30 heavy (non-hydrogen) atoms. The monoisotopic (exact) mass is 438 g/mol. The number of nitrogens with zero attached hydrogens (tertiary/aromatic N) is 2. The number of benzene rings is 1. The van der Waals surface area contributed by atoms with E-state index >= 15 is 0 Å². The van der Waals surface area contributed by atoms with Gasteiger partial charge in [-0.15, -0.1) is 0 Å². The smallest absolute Gasteiger partial charge is 0.334 e. The van der Waals surface area contributed by atoms with E-state index in [9.17, 15) is 19.0 Å². The molecule has 2 amide bonds. The van der Waals surface area contributed by atoms with Gasteiger partial charge in [0.05, 0.1) is 11.8 Å². The molecule has 0 heterocycles. The van der Waals surface area contributed by atoms with Crippen molar-refractivity contribution in [3.8, 4) is 0 Å². The van der Waals surface area contributed by atoms with Crippen molar-refractivity contribution >= 4 is 30.8 Å². The van der Waals surface area contributed by atoms with E-state index in [0.29, 0.717) is 24.9 Å². The van der Waals surface area contributed by atoms with Gasteiger partial charge in [0.2, 0.25) is 5.91 Å². The molecule has 1 aromatic carbocycles. The number of carbonyl (C=O) groups is 2. The molecule has 1 aromatic rings. The number of hydrogen-bond acceptors (Lipinski definition) is 6. The summed E-state index contributed by atoms with van der Waals surface area (Å²) >= 11 is 0. The topological polar surface area (TPSA) is 106 Å². The van der Waals surface area contributed by atoms with E-state index in [1.165, 1.54) is 7.11 Å². The predicted octanol–water partition coefficient (Wildman–Crippen LogP) is 4.13. The molecule has 0 aliphatic heterocycles. The first-order valence-corrected chi connectivity index (χ1v) is 12.1. The molecule has 1 N–H and O–H groups in total. The molecule has 0 saturated heterocycles. The highest BCUT2D eigenvalue weighted by Gasteiger charge is 2.37. The van der Waals surface area contributed by atoms with Gasteiger partial charge >= 0.3 is 7.60 Å². The maximum absolute atomic E-state index is 13.4. The molecule has 0 radical (unpaired) electrons. The third-order valence-corrected chi connectivity index (χ3v) is 6.50. The van der Waals surface area contributed by atoms with Crippen molar-refractivity contribution in [3.63, 3.8) is 0 Å². The molecule has 1 aliphatic carbocycles. The molecule has 166 valence electrons. The Balaban J connectivity index is 2.35. The second-order valence-electron chi connectivity index (χ2n) is 7.49. The lowest BCUT2D eigenvalue weighted by atomic mass is 9.88. The quantitative estimate of drug-likeness (QED) is 0.353. The SMILES string of the molecule is CCC(C)OP(=O)(O)CC(=NOC)C(=O)N(C(=O)C1CCCCC1)c1ccccc1. The number of para-hydroxylation sites is 1. The van der Waals surface area contributed by atoms with Gasteiger partial charge in [0.15, 0.2) is 5.71 Å². The van der Waals surface area contributed by atoms with Crippen LogP contribution in [-0.2, 0) is 23.5 Å². The third kappa shape index (κ3) is 6.76. The minimum Gasteiger partial charge on any atom is -0.399 e. The number of anilines is 1. The Kier molecular flexibility index (Phi) is 9.21. The maximum atomic E-state index is 13.4. The zero-order valence-corrected chi connectivity index (χ0v) is 18.7. The van der Waals surface area contributed by atoms with Crippen molar-refractivity contribution in [2.45, 2.75) is 58.5 Å². The first-order chi connectivity index (χ1) is 14.3. The van der Waals surface area contributed by atoms with E-state index in [-0.39, 0.29) is 17.5 Å². The summed E-state index contributed by atoms with van der Waals surface area (Å²) in [6, 6.07) is 8.53. The highest BCUT2D eigenvalue weighted by atomic mass is 31.2. The molecular formula is C21H31N2O6P. The van der Waals surface area contributed by atoms with Crippen LogP contribution in [0.25, 0.3) is 0 Å². The second-order valence-corrected chi connectivity index (χ2v) is 9.29. The summed E-state index contributed by atoms with van der Waals surface area (Å²) in [7, 11) is -2.93. The minimum absolute atomic E-state index is 0.274. The van der Waals surface area contributed by atoms with E-state index in [4.69, 9.17) is 9.36 Å². The summed E-state index contributed by atoms with van der Waals surface area (Å²) in [5.41, 5.74) is 0.0529. The summed E-state index contributed by atoms with van der Waals surface area (Å²) in [6.45, 7) is 3.49. The fourth-order valence-electron chi connectivity index (χ4n) is 3.41. The fourth-order valence-corrected chi connectivity index (χ4v) is 4.77. The van der Waals surface area contributed by atoms with Gasteiger partial charge in [0.25, 0.3) is 5.91 Å². The fraction of sp³-hybridized carbons (Fsp3) is 0.571. The van der Waals surface area contributed by atoms with E-state index in [2.05, 4.69) is 5.16 Å². The summed E-state index contributed by atoms with van der Waals surface area (Å²) in [4.78, 5) is 42.7. The zero-order chi connectivity index (χ0) is 22.1. The molecule has 0 aromatic heterocycles. The molecule has 1 fully saturated rings. The van der Waals surface area contributed by atoms with Crippen molar-refractivity contribution < 1.29 is 28.4 Å². The van der Waals surface area contributed by atoms with E-state index in [1.54, 1.807) is 37.3 Å². The maximum Gasteiger partial charge on any atom is 0.334 e. The third-order valence-electron chi connectivity index (χ3n) is 5.11. The van der Waals surface area contributed by atoms with Crippen LogP contribution in [0.15, 0.2) is 35.5 Å². The van der Waals surface area contributed by atoms with Gasteiger partial charge in [-0.2, -0.15) is 0 Å². The summed E-state index contributed by atoms with van der Waals surface area (Å²) in [5, 5.41) is 3.68. The Morgan fingerprint density at radius 2 is 1.87 bits per heavy atom. The van der Waals surface area contributed by atoms with Crippen molar-refractivity contribution in [1.82, 2.24) is 0 Å². The Morgan fingerprint density at radius 3 is 2.43 bits per heavy atom. The molecule has 1 aliphatic rings. The first kappa shape index (κ1) is 24.3. The van der Waals surface area contributed by atoms with Crippen molar-refractivity contribution in [3.05, 3.63) is 30.3 Å². The predicted molar refractivity (Wildman–Crippen MR) is 115 cm³/mol. The summed E-state index contributed by atoms with van der Waals surface area (Å²) in [5.74, 6) is -1.38. The van der Waals surface area contributed by atoms with Crippen molar-refractivity contribution in [2.24, 2.45) is 11.1 Å². The van der Waals surface area contributed by atoms with E-state index < -0.39 is 25.8 Å². The number of carbonyl (C=O) groups excluding carboxylic acids is 2. The number of rotatable bonds is 9.